The first-order valence-electron chi connectivity index (χ1n) is 7.59. The topological polar surface area (TPSA) is 117 Å². The highest BCUT2D eigenvalue weighted by atomic mass is 79.9. The molecule has 2 rings (SSSR count). The van der Waals surface area contributed by atoms with Gasteiger partial charge >= 0.3 is 0 Å². The van der Waals surface area contributed by atoms with E-state index in [1.807, 2.05) is 0 Å². The first-order chi connectivity index (χ1) is 12.1. The van der Waals surface area contributed by atoms with Crippen molar-refractivity contribution >= 4 is 50.4 Å². The van der Waals surface area contributed by atoms with Crippen LogP contribution in [0.1, 0.15) is 31.3 Å². The van der Waals surface area contributed by atoms with Crippen molar-refractivity contribution in [2.24, 2.45) is 10.5 Å². The summed E-state index contributed by atoms with van der Waals surface area (Å²) in [5, 5.41) is 24.7. The summed E-state index contributed by atoms with van der Waals surface area (Å²) in [5.41, 5.74) is 2.27. The Labute approximate surface area is 162 Å². The number of amides is 2. The number of carbonyl (C=O) groups is 2. The number of phenols is 1. The van der Waals surface area contributed by atoms with Crippen LogP contribution in [0, 0.1) is 5.41 Å². The number of nitrogens with one attached hydrogen (secondary N) is 2. The zero-order valence-electron chi connectivity index (χ0n) is 14.4. The number of aromatic nitrogens is 2. The summed E-state index contributed by atoms with van der Waals surface area (Å²) in [5.74, 6) is -0.516. The van der Waals surface area contributed by atoms with Crippen LogP contribution in [-0.2, 0) is 16.0 Å². The van der Waals surface area contributed by atoms with E-state index >= 15 is 0 Å². The molecule has 2 aromatic rings. The van der Waals surface area contributed by atoms with Crippen LogP contribution in [0.25, 0.3) is 0 Å². The Morgan fingerprint density at radius 1 is 1.35 bits per heavy atom. The SMILES string of the molecule is CC(C)(C)C(=O)Nc1nnc(CC(=O)N/N=C\c2cc(Br)ccc2O)s1. The van der Waals surface area contributed by atoms with Crippen LogP contribution in [0.5, 0.6) is 5.75 Å². The van der Waals surface area contributed by atoms with Gasteiger partial charge in [-0.1, -0.05) is 48.0 Å². The summed E-state index contributed by atoms with van der Waals surface area (Å²) in [6.45, 7) is 5.37. The van der Waals surface area contributed by atoms with Gasteiger partial charge in [0.1, 0.15) is 10.8 Å². The molecule has 2 amide bonds. The molecule has 1 aromatic heterocycles. The first kappa shape index (κ1) is 20.0. The van der Waals surface area contributed by atoms with Crippen LogP contribution < -0.4 is 10.7 Å². The third kappa shape index (κ3) is 5.88. The Morgan fingerprint density at radius 3 is 2.77 bits per heavy atom. The fourth-order valence-corrected chi connectivity index (χ4v) is 2.75. The highest BCUT2D eigenvalue weighted by molar-refractivity contribution is 9.10. The lowest BCUT2D eigenvalue weighted by molar-refractivity contribution is -0.123. The Morgan fingerprint density at radius 2 is 2.08 bits per heavy atom. The predicted octanol–water partition coefficient (Wildman–Crippen LogP) is 2.68. The molecule has 0 spiro atoms. The van der Waals surface area contributed by atoms with Gasteiger partial charge < -0.3 is 10.4 Å². The number of hydrogen-bond donors (Lipinski definition) is 3. The number of rotatable bonds is 5. The van der Waals surface area contributed by atoms with Gasteiger partial charge in [-0.2, -0.15) is 5.10 Å². The highest BCUT2D eigenvalue weighted by Crippen LogP contribution is 2.21. The zero-order chi connectivity index (χ0) is 19.3. The van der Waals surface area contributed by atoms with Crippen molar-refractivity contribution in [2.45, 2.75) is 27.2 Å². The molecule has 3 N–H and O–H groups in total. The maximum absolute atomic E-state index is 11.9. The van der Waals surface area contributed by atoms with Crippen molar-refractivity contribution in [3.63, 3.8) is 0 Å². The normalized spacial score (nSPS) is 11.5. The summed E-state index contributed by atoms with van der Waals surface area (Å²) in [4.78, 5) is 23.8. The van der Waals surface area contributed by atoms with Crippen LogP contribution >= 0.6 is 27.3 Å². The number of halogens is 1. The van der Waals surface area contributed by atoms with E-state index in [1.54, 1.807) is 32.9 Å². The number of hydrogen-bond acceptors (Lipinski definition) is 7. The van der Waals surface area contributed by atoms with E-state index in [0.717, 1.165) is 15.8 Å². The summed E-state index contributed by atoms with van der Waals surface area (Å²) in [6, 6.07) is 4.87. The maximum atomic E-state index is 11.9. The molecule has 0 unspecified atom stereocenters. The van der Waals surface area contributed by atoms with Crippen molar-refractivity contribution in [3.8, 4) is 5.75 Å². The van der Waals surface area contributed by atoms with E-state index in [0.29, 0.717) is 15.7 Å². The van der Waals surface area contributed by atoms with E-state index in [9.17, 15) is 14.7 Å². The molecule has 0 bridgehead atoms. The van der Waals surface area contributed by atoms with Crippen molar-refractivity contribution in [2.75, 3.05) is 5.32 Å². The average Bonchev–Trinajstić information content (AvgIpc) is 2.96. The van der Waals surface area contributed by atoms with Gasteiger partial charge in [0, 0.05) is 15.5 Å². The second-order valence-electron chi connectivity index (χ2n) is 6.38. The van der Waals surface area contributed by atoms with Gasteiger partial charge in [-0.3, -0.25) is 9.59 Å². The van der Waals surface area contributed by atoms with Crippen molar-refractivity contribution in [1.82, 2.24) is 15.6 Å². The first-order valence-corrected chi connectivity index (χ1v) is 9.20. The Balaban J connectivity index is 1.89. The number of anilines is 1. The van der Waals surface area contributed by atoms with Gasteiger partial charge in [0.05, 0.1) is 12.6 Å². The zero-order valence-corrected chi connectivity index (χ0v) is 16.8. The minimum atomic E-state index is -0.546. The smallest absolute Gasteiger partial charge is 0.247 e. The fourth-order valence-electron chi connectivity index (χ4n) is 1.64. The number of carbonyl (C=O) groups excluding carboxylic acids is 2. The molecule has 10 heteroatoms. The van der Waals surface area contributed by atoms with Gasteiger partial charge in [0.15, 0.2) is 0 Å². The van der Waals surface area contributed by atoms with E-state index in [1.165, 1.54) is 12.3 Å². The number of hydrazone groups is 1. The molecule has 138 valence electrons. The number of phenolic OH excluding ortho intramolecular Hbond substituents is 1. The fraction of sp³-hybridized carbons (Fsp3) is 0.312. The van der Waals surface area contributed by atoms with E-state index < -0.39 is 5.41 Å². The summed E-state index contributed by atoms with van der Waals surface area (Å²) in [7, 11) is 0. The third-order valence-electron chi connectivity index (χ3n) is 3.06. The van der Waals surface area contributed by atoms with Crippen molar-refractivity contribution in [1.29, 1.82) is 0 Å². The van der Waals surface area contributed by atoms with Crippen LogP contribution in [0.3, 0.4) is 0 Å². The minimum absolute atomic E-state index is 0.0230. The minimum Gasteiger partial charge on any atom is -0.507 e. The van der Waals surface area contributed by atoms with Gasteiger partial charge in [0.2, 0.25) is 16.9 Å². The summed E-state index contributed by atoms with van der Waals surface area (Å²) in [6.07, 6.45) is 1.32. The van der Waals surface area contributed by atoms with Crippen LogP contribution in [0.15, 0.2) is 27.8 Å². The summed E-state index contributed by atoms with van der Waals surface area (Å²) < 4.78 is 0.779. The lowest BCUT2D eigenvalue weighted by Gasteiger charge is -2.15. The molecule has 0 aliphatic rings. The van der Waals surface area contributed by atoms with Gasteiger partial charge in [-0.25, -0.2) is 5.43 Å². The second kappa shape index (κ2) is 8.37. The molecule has 1 heterocycles. The highest BCUT2D eigenvalue weighted by Gasteiger charge is 2.22. The lowest BCUT2D eigenvalue weighted by Crippen LogP contribution is -2.27. The van der Waals surface area contributed by atoms with Crippen molar-refractivity contribution < 1.29 is 14.7 Å². The summed E-state index contributed by atoms with van der Waals surface area (Å²) >= 11 is 4.42. The van der Waals surface area contributed by atoms with Gasteiger partial charge in [-0.15, -0.1) is 10.2 Å². The van der Waals surface area contributed by atoms with Gasteiger partial charge in [-0.05, 0) is 18.2 Å². The standard InChI is InChI=1S/C16H18BrN5O3S/c1-16(2,3)14(25)19-15-22-21-13(26-15)7-12(24)20-18-8-9-6-10(17)4-5-11(9)23/h4-6,8,23H,7H2,1-3H3,(H,20,24)(H,19,22,25)/b18-8-. The number of aromatic hydroxyl groups is 1. The molecule has 0 aliphatic heterocycles. The second-order valence-corrected chi connectivity index (χ2v) is 8.36. The number of benzene rings is 1. The molecule has 0 saturated heterocycles. The molecule has 1 aromatic carbocycles. The molecule has 26 heavy (non-hydrogen) atoms. The van der Waals surface area contributed by atoms with E-state index in [-0.39, 0.29) is 24.0 Å². The van der Waals surface area contributed by atoms with E-state index in [4.69, 9.17) is 0 Å². The van der Waals surface area contributed by atoms with Crippen LogP contribution in [0.4, 0.5) is 5.13 Å². The monoisotopic (exact) mass is 439 g/mol. The van der Waals surface area contributed by atoms with Crippen LogP contribution in [0.2, 0.25) is 0 Å². The Bertz CT molecular complexity index is 845. The Hall–Kier alpha value is -2.33. The largest absolute Gasteiger partial charge is 0.507 e. The number of nitrogens with zero attached hydrogens (tertiary/aromatic N) is 3. The van der Waals surface area contributed by atoms with Crippen LogP contribution in [-0.4, -0.2) is 33.3 Å². The average molecular weight is 440 g/mol. The van der Waals surface area contributed by atoms with Crippen molar-refractivity contribution in [3.05, 3.63) is 33.2 Å². The molecule has 0 aliphatic carbocycles. The molecule has 0 atom stereocenters. The van der Waals surface area contributed by atoms with Gasteiger partial charge in [0.25, 0.3) is 0 Å². The molecule has 8 nitrogen and oxygen atoms in total. The van der Waals surface area contributed by atoms with E-state index in [2.05, 4.69) is 42.0 Å². The molecular weight excluding hydrogens is 422 g/mol. The quantitative estimate of drug-likeness (QED) is 0.488. The maximum Gasteiger partial charge on any atom is 0.247 e. The molecule has 0 radical (unpaired) electrons. The lowest BCUT2D eigenvalue weighted by atomic mass is 9.96. The molecular formula is C16H18BrN5O3S. The molecule has 0 saturated carbocycles. The Kier molecular flexibility index (Phi) is 6.43. The predicted molar refractivity (Wildman–Crippen MR) is 103 cm³/mol. The third-order valence-corrected chi connectivity index (χ3v) is 4.39. The molecule has 0 fully saturated rings.